The smallest absolute Gasteiger partial charge is 0.214 e. The molecule has 1 heterocycles. The van der Waals surface area contributed by atoms with Gasteiger partial charge in [-0.3, -0.25) is 9.78 Å². The van der Waals surface area contributed by atoms with E-state index >= 15 is 0 Å². The molecular formula is C19H22N2O3S. The van der Waals surface area contributed by atoms with Crippen molar-refractivity contribution in [3.63, 3.8) is 0 Å². The highest BCUT2D eigenvalue weighted by Crippen LogP contribution is 2.29. The molecular weight excluding hydrogens is 336 g/mol. The van der Waals surface area contributed by atoms with Crippen LogP contribution < -0.4 is 4.72 Å². The Bertz CT molecular complexity index is 920. The van der Waals surface area contributed by atoms with E-state index in [9.17, 15) is 13.2 Å². The lowest BCUT2D eigenvalue weighted by Gasteiger charge is -2.14. The lowest BCUT2D eigenvalue weighted by atomic mass is 10.0. The van der Waals surface area contributed by atoms with Crippen LogP contribution in [0.15, 0.2) is 36.7 Å². The van der Waals surface area contributed by atoms with E-state index in [1.54, 1.807) is 26.2 Å². The summed E-state index contributed by atoms with van der Waals surface area (Å²) >= 11 is 0. The summed E-state index contributed by atoms with van der Waals surface area (Å²) in [6, 6.07) is 7.85. The number of hydrogen-bond donors (Lipinski definition) is 1. The maximum absolute atomic E-state index is 12.1. The van der Waals surface area contributed by atoms with Crippen LogP contribution in [0, 0.1) is 0 Å². The van der Waals surface area contributed by atoms with Crippen molar-refractivity contribution >= 4 is 15.8 Å². The first-order valence-electron chi connectivity index (χ1n) is 8.35. The molecule has 132 valence electrons. The number of pyridine rings is 1. The predicted octanol–water partition coefficient (Wildman–Crippen LogP) is 2.75. The molecule has 1 N–H and O–H groups in total. The largest absolute Gasteiger partial charge is 0.294 e. The van der Waals surface area contributed by atoms with E-state index in [2.05, 4.69) is 15.8 Å². The third-order valence-electron chi connectivity index (χ3n) is 4.57. The first kappa shape index (κ1) is 17.8. The van der Waals surface area contributed by atoms with Crippen molar-refractivity contribution in [1.29, 1.82) is 0 Å². The van der Waals surface area contributed by atoms with Crippen LogP contribution in [0.5, 0.6) is 0 Å². The van der Waals surface area contributed by atoms with Crippen molar-refractivity contribution < 1.29 is 13.2 Å². The van der Waals surface area contributed by atoms with Crippen molar-refractivity contribution in [3.05, 3.63) is 53.3 Å². The van der Waals surface area contributed by atoms with Gasteiger partial charge in [-0.2, -0.15) is 0 Å². The van der Waals surface area contributed by atoms with Crippen molar-refractivity contribution in [2.75, 3.05) is 0 Å². The van der Waals surface area contributed by atoms with Crippen LogP contribution in [0.2, 0.25) is 0 Å². The second kappa shape index (κ2) is 6.69. The molecule has 2 aromatic rings. The lowest BCUT2D eigenvalue weighted by Crippen LogP contribution is -2.39. The second-order valence-electron chi connectivity index (χ2n) is 6.82. The minimum atomic E-state index is -3.27. The minimum absolute atomic E-state index is 0.0151. The number of Topliss-reactive ketones (excluding diaryl/α,β-unsaturated/α-hetero) is 1. The Morgan fingerprint density at radius 2 is 1.84 bits per heavy atom. The molecule has 0 amide bonds. The molecule has 25 heavy (non-hydrogen) atoms. The van der Waals surface area contributed by atoms with Gasteiger partial charge in [0.05, 0.1) is 5.25 Å². The summed E-state index contributed by atoms with van der Waals surface area (Å²) in [5.74, 6) is -0.0151. The Morgan fingerprint density at radius 3 is 2.52 bits per heavy atom. The number of fused-ring (bicyclic) bond motifs is 1. The normalized spacial score (nSPS) is 16.9. The van der Waals surface area contributed by atoms with Gasteiger partial charge in [0.2, 0.25) is 10.0 Å². The highest BCUT2D eigenvalue weighted by Gasteiger charge is 2.27. The van der Waals surface area contributed by atoms with Crippen molar-refractivity contribution in [3.8, 4) is 11.1 Å². The molecule has 1 atom stereocenters. The van der Waals surface area contributed by atoms with Crippen LogP contribution in [0.3, 0.4) is 0 Å². The summed E-state index contributed by atoms with van der Waals surface area (Å²) in [6.07, 6.45) is 4.68. The predicted molar refractivity (Wildman–Crippen MR) is 98.1 cm³/mol. The number of carbonyl (C=O) groups excluding carboxylic acids is 1. The molecule has 0 spiro atoms. The Kier molecular flexibility index (Phi) is 4.75. The summed E-state index contributed by atoms with van der Waals surface area (Å²) in [4.78, 5) is 15.7. The van der Waals surface area contributed by atoms with E-state index < -0.39 is 15.3 Å². The van der Waals surface area contributed by atoms with Crippen LogP contribution >= 0.6 is 0 Å². The van der Waals surface area contributed by atoms with Gasteiger partial charge in [0.25, 0.3) is 0 Å². The molecule has 0 aliphatic heterocycles. The molecule has 0 fully saturated rings. The van der Waals surface area contributed by atoms with Crippen LogP contribution in [0.1, 0.15) is 42.3 Å². The number of hydrogen-bond acceptors (Lipinski definition) is 4. The van der Waals surface area contributed by atoms with E-state index in [1.165, 1.54) is 6.92 Å². The molecule has 0 saturated carbocycles. The van der Waals surface area contributed by atoms with Gasteiger partial charge < -0.3 is 0 Å². The number of sulfonamides is 1. The first-order valence-corrected chi connectivity index (χ1v) is 9.90. The number of aromatic nitrogens is 1. The summed E-state index contributed by atoms with van der Waals surface area (Å²) in [6.45, 7) is 4.88. The van der Waals surface area contributed by atoms with Crippen LogP contribution in [0.25, 0.3) is 11.1 Å². The number of rotatable bonds is 5. The Balaban J connectivity index is 1.83. The molecule has 3 rings (SSSR count). The average Bonchev–Trinajstić information content (AvgIpc) is 2.95. The standard InChI is InChI=1S/C19H22N2O3S/c1-12(2)25(23,24)21-19-8-15-5-4-14(6-16(15)9-19)18-7-17(13(3)22)10-20-11-18/h4-7,10-12,19,21H,8-9H2,1-3H3. The molecule has 1 unspecified atom stereocenters. The van der Waals surface area contributed by atoms with Gasteiger partial charge in [-0.15, -0.1) is 0 Å². The Hall–Kier alpha value is -2.05. The fourth-order valence-corrected chi connectivity index (χ4v) is 3.94. The van der Waals surface area contributed by atoms with Crippen molar-refractivity contribution in [2.24, 2.45) is 0 Å². The fraction of sp³-hybridized carbons (Fsp3) is 0.368. The highest BCUT2D eigenvalue weighted by atomic mass is 32.2. The van der Waals surface area contributed by atoms with Crippen molar-refractivity contribution in [1.82, 2.24) is 9.71 Å². The fourth-order valence-electron chi connectivity index (χ4n) is 3.04. The number of ketones is 1. The molecule has 1 aliphatic rings. The maximum atomic E-state index is 12.1. The number of nitrogens with one attached hydrogen (secondary N) is 1. The molecule has 6 heteroatoms. The molecule has 0 saturated heterocycles. The number of benzene rings is 1. The van der Waals surface area contributed by atoms with Gasteiger partial charge in [0, 0.05) is 29.6 Å². The van der Waals surface area contributed by atoms with E-state index in [4.69, 9.17) is 0 Å². The summed E-state index contributed by atoms with van der Waals surface area (Å²) < 4.78 is 27.0. The SMILES string of the molecule is CC(=O)c1cncc(-c2ccc3c(c2)CC(NS(=O)(=O)C(C)C)C3)c1. The highest BCUT2D eigenvalue weighted by molar-refractivity contribution is 7.90. The quantitative estimate of drug-likeness (QED) is 0.834. The number of nitrogens with zero attached hydrogens (tertiary/aromatic N) is 1. The van der Waals surface area contributed by atoms with E-state index in [0.717, 1.165) is 22.3 Å². The van der Waals surface area contributed by atoms with Crippen LogP contribution in [-0.2, 0) is 22.9 Å². The molecule has 1 aromatic heterocycles. The zero-order chi connectivity index (χ0) is 18.2. The van der Waals surface area contributed by atoms with Crippen LogP contribution in [0.4, 0.5) is 0 Å². The zero-order valence-electron chi connectivity index (χ0n) is 14.6. The first-order chi connectivity index (χ1) is 11.8. The molecule has 0 bridgehead atoms. The van der Waals surface area contributed by atoms with Gasteiger partial charge in [-0.05, 0) is 56.4 Å². The Morgan fingerprint density at radius 1 is 1.12 bits per heavy atom. The molecule has 5 nitrogen and oxygen atoms in total. The van der Waals surface area contributed by atoms with Gasteiger partial charge in [-0.25, -0.2) is 13.1 Å². The summed E-state index contributed by atoms with van der Waals surface area (Å²) in [7, 11) is -3.27. The van der Waals surface area contributed by atoms with Gasteiger partial charge in [0.15, 0.2) is 5.78 Å². The molecule has 0 radical (unpaired) electrons. The van der Waals surface area contributed by atoms with Gasteiger partial charge in [0.1, 0.15) is 0 Å². The van der Waals surface area contributed by atoms with Crippen molar-refractivity contribution in [2.45, 2.75) is 44.9 Å². The van der Waals surface area contributed by atoms with E-state index in [-0.39, 0.29) is 11.8 Å². The average molecular weight is 358 g/mol. The lowest BCUT2D eigenvalue weighted by molar-refractivity contribution is 0.101. The second-order valence-corrected chi connectivity index (χ2v) is 9.09. The third-order valence-corrected chi connectivity index (χ3v) is 6.47. The van der Waals surface area contributed by atoms with Gasteiger partial charge in [-0.1, -0.05) is 18.2 Å². The molecule has 1 aromatic carbocycles. The minimum Gasteiger partial charge on any atom is -0.294 e. The van der Waals surface area contributed by atoms with E-state index in [0.29, 0.717) is 18.4 Å². The monoisotopic (exact) mass is 358 g/mol. The summed E-state index contributed by atoms with van der Waals surface area (Å²) in [5, 5.41) is -0.438. The van der Waals surface area contributed by atoms with Crippen LogP contribution in [-0.4, -0.2) is 30.5 Å². The zero-order valence-corrected chi connectivity index (χ0v) is 15.4. The topological polar surface area (TPSA) is 76.1 Å². The molecule has 1 aliphatic carbocycles. The van der Waals surface area contributed by atoms with E-state index in [1.807, 2.05) is 18.2 Å². The maximum Gasteiger partial charge on any atom is 0.214 e. The summed E-state index contributed by atoms with van der Waals surface area (Å²) in [5.41, 5.74) is 4.77. The Labute approximate surface area is 148 Å². The van der Waals surface area contributed by atoms with Gasteiger partial charge >= 0.3 is 0 Å². The third kappa shape index (κ3) is 3.80. The number of carbonyl (C=O) groups is 1.